The molecule has 3 heteroatoms. The number of halogens is 1. The largest absolute Gasteiger partial charge is 0.489 e. The Hall–Kier alpha value is -1.56. The second-order valence-corrected chi connectivity index (χ2v) is 2.80. The van der Waals surface area contributed by atoms with Crippen LogP contribution >= 0.6 is 0 Å². The first-order chi connectivity index (χ1) is 6.84. The summed E-state index contributed by atoms with van der Waals surface area (Å²) in [5.74, 6) is 2.17. The zero-order valence-electron chi connectivity index (χ0n) is 7.87. The fourth-order valence-electron chi connectivity index (χ4n) is 0.990. The minimum Gasteiger partial charge on any atom is -0.489 e. The van der Waals surface area contributed by atoms with Gasteiger partial charge >= 0.3 is 0 Å². The normalized spacial score (nSPS) is 9.43. The number of nitrogens with zero attached hydrogens (tertiary/aromatic N) is 1. The van der Waals surface area contributed by atoms with E-state index < -0.39 is 5.95 Å². The molecule has 0 saturated carbocycles. The van der Waals surface area contributed by atoms with Gasteiger partial charge in [0.25, 0.3) is 5.95 Å². The molecule has 1 aromatic rings. The molecule has 2 nitrogen and oxygen atoms in total. The quantitative estimate of drug-likeness (QED) is 0.406. The van der Waals surface area contributed by atoms with E-state index in [-0.39, 0.29) is 5.75 Å². The fraction of sp³-hybridized carbons (Fsp3) is 0.364. The molecule has 74 valence electrons. The summed E-state index contributed by atoms with van der Waals surface area (Å²) in [7, 11) is 0. The van der Waals surface area contributed by atoms with E-state index >= 15 is 0 Å². The molecule has 0 amide bonds. The van der Waals surface area contributed by atoms with Crippen molar-refractivity contribution in [1.82, 2.24) is 4.98 Å². The number of ether oxygens (including phenoxy) is 1. The van der Waals surface area contributed by atoms with Gasteiger partial charge in [0.15, 0.2) is 5.75 Å². The van der Waals surface area contributed by atoms with Crippen LogP contribution in [0.15, 0.2) is 18.3 Å². The molecule has 0 spiro atoms. The summed E-state index contributed by atoms with van der Waals surface area (Å²) in [5.41, 5.74) is 0. The predicted molar refractivity (Wildman–Crippen MR) is 52.4 cm³/mol. The van der Waals surface area contributed by atoms with Gasteiger partial charge in [-0.1, -0.05) is 0 Å². The lowest BCUT2D eigenvalue weighted by atomic mass is 10.2. The van der Waals surface area contributed by atoms with Crippen LogP contribution in [0, 0.1) is 18.3 Å². The summed E-state index contributed by atoms with van der Waals surface area (Å²) < 4.78 is 18.1. The van der Waals surface area contributed by atoms with E-state index in [2.05, 4.69) is 10.9 Å². The maximum absolute atomic E-state index is 12.9. The molecule has 0 aliphatic rings. The molecule has 0 radical (unpaired) electrons. The number of pyridine rings is 1. The molecule has 1 heterocycles. The van der Waals surface area contributed by atoms with Gasteiger partial charge in [-0.15, -0.1) is 12.3 Å². The average molecular weight is 192 g/mol. The van der Waals surface area contributed by atoms with Gasteiger partial charge in [0.2, 0.25) is 0 Å². The topological polar surface area (TPSA) is 22.1 Å². The van der Waals surface area contributed by atoms with E-state index in [1.165, 1.54) is 6.20 Å². The van der Waals surface area contributed by atoms with Crippen molar-refractivity contribution in [3.8, 4) is 18.1 Å². The van der Waals surface area contributed by atoms with Crippen LogP contribution < -0.4 is 4.74 Å². The third-order valence-corrected chi connectivity index (χ3v) is 1.70. The standard InChI is InChI=1S/C11H12FNO/c1-2-3-4-5-9-14-10-7-6-8-13-11(10)12/h1,6-8H,3-5,9H2/i12-1. The van der Waals surface area contributed by atoms with Crippen molar-refractivity contribution in [2.45, 2.75) is 19.3 Å². The van der Waals surface area contributed by atoms with Gasteiger partial charge in [0.05, 0.1) is 6.61 Å². The molecular formula is C11H12FNO. The van der Waals surface area contributed by atoms with Crippen LogP contribution in [-0.4, -0.2) is 11.6 Å². The van der Waals surface area contributed by atoms with Gasteiger partial charge in [-0.05, 0) is 25.0 Å². The SMILES string of the molecule is C#CCCCCOc1cccnc1[18F]. The summed E-state index contributed by atoms with van der Waals surface area (Å²) in [4.78, 5) is 3.47. The molecule has 1 rings (SSSR count). The second-order valence-electron chi connectivity index (χ2n) is 2.80. The number of hydrogen-bond acceptors (Lipinski definition) is 2. The average Bonchev–Trinajstić information content (AvgIpc) is 2.20. The molecule has 1 aromatic heterocycles. The second kappa shape index (κ2) is 5.98. The number of unbranched alkanes of at least 4 members (excludes halogenated alkanes) is 2. The Kier molecular flexibility index (Phi) is 4.49. The maximum atomic E-state index is 12.9. The van der Waals surface area contributed by atoms with Crippen LogP contribution in [0.2, 0.25) is 0 Å². The molecular weight excluding hydrogens is 180 g/mol. The Morgan fingerprint density at radius 2 is 2.36 bits per heavy atom. The van der Waals surface area contributed by atoms with E-state index in [1.54, 1.807) is 12.1 Å². The van der Waals surface area contributed by atoms with Gasteiger partial charge in [-0.3, -0.25) is 0 Å². The highest BCUT2D eigenvalue weighted by Gasteiger charge is 2.01. The lowest BCUT2D eigenvalue weighted by Gasteiger charge is -2.04. The van der Waals surface area contributed by atoms with Crippen molar-refractivity contribution in [3.63, 3.8) is 0 Å². The third-order valence-electron chi connectivity index (χ3n) is 1.70. The number of terminal acetylenes is 1. The van der Waals surface area contributed by atoms with Crippen LogP contribution in [0.4, 0.5) is 4.39 Å². The number of aromatic nitrogens is 1. The number of hydrogen-bond donors (Lipinski definition) is 0. The number of rotatable bonds is 5. The Labute approximate surface area is 83.1 Å². The Morgan fingerprint density at radius 3 is 3.07 bits per heavy atom. The van der Waals surface area contributed by atoms with Gasteiger partial charge < -0.3 is 4.74 Å². The van der Waals surface area contributed by atoms with E-state index in [0.29, 0.717) is 6.61 Å². The van der Waals surface area contributed by atoms with E-state index in [4.69, 9.17) is 11.2 Å². The van der Waals surface area contributed by atoms with Gasteiger partial charge in [0, 0.05) is 12.6 Å². The Balaban J connectivity index is 2.25. The minimum atomic E-state index is -0.565. The first-order valence-corrected chi connectivity index (χ1v) is 4.51. The van der Waals surface area contributed by atoms with Crippen molar-refractivity contribution in [2.75, 3.05) is 6.61 Å². The third kappa shape index (κ3) is 3.44. The van der Waals surface area contributed by atoms with Crippen molar-refractivity contribution in [1.29, 1.82) is 0 Å². The van der Waals surface area contributed by atoms with Gasteiger partial charge in [0.1, 0.15) is 0 Å². The highest BCUT2D eigenvalue weighted by molar-refractivity contribution is 5.17. The zero-order valence-corrected chi connectivity index (χ0v) is 7.87. The van der Waals surface area contributed by atoms with Crippen LogP contribution in [0.3, 0.4) is 0 Å². The molecule has 0 aliphatic carbocycles. The summed E-state index contributed by atoms with van der Waals surface area (Å²) in [5, 5.41) is 0. The molecule has 0 atom stereocenters. The molecule has 0 N–H and O–H groups in total. The molecule has 0 aliphatic heterocycles. The lowest BCUT2D eigenvalue weighted by molar-refractivity contribution is 0.288. The van der Waals surface area contributed by atoms with Crippen LogP contribution in [0.5, 0.6) is 5.75 Å². The molecule has 0 fully saturated rings. The van der Waals surface area contributed by atoms with E-state index in [0.717, 1.165) is 19.3 Å². The lowest BCUT2D eigenvalue weighted by Crippen LogP contribution is -1.99. The van der Waals surface area contributed by atoms with Gasteiger partial charge in [-0.25, -0.2) is 4.98 Å². The van der Waals surface area contributed by atoms with Crippen LogP contribution in [0.1, 0.15) is 19.3 Å². The van der Waals surface area contributed by atoms with Gasteiger partial charge in [-0.2, -0.15) is 4.39 Å². The molecule has 0 bridgehead atoms. The molecule has 0 saturated heterocycles. The van der Waals surface area contributed by atoms with Crippen molar-refractivity contribution in [2.24, 2.45) is 0 Å². The highest BCUT2D eigenvalue weighted by atomic mass is 18.2. The minimum absolute atomic E-state index is 0.202. The smallest absolute Gasteiger partial charge is 0.255 e. The Morgan fingerprint density at radius 1 is 1.50 bits per heavy atom. The van der Waals surface area contributed by atoms with Crippen molar-refractivity contribution < 1.29 is 9.13 Å². The predicted octanol–water partition coefficient (Wildman–Crippen LogP) is 2.40. The summed E-state index contributed by atoms with van der Waals surface area (Å²) in [6, 6.07) is 3.20. The summed E-state index contributed by atoms with van der Waals surface area (Å²) in [6.07, 6.45) is 8.94. The maximum Gasteiger partial charge on any atom is 0.255 e. The molecule has 14 heavy (non-hydrogen) atoms. The molecule has 0 aromatic carbocycles. The highest BCUT2D eigenvalue weighted by Crippen LogP contribution is 2.13. The van der Waals surface area contributed by atoms with Crippen molar-refractivity contribution in [3.05, 3.63) is 24.3 Å². The van der Waals surface area contributed by atoms with Crippen LogP contribution in [0.25, 0.3) is 0 Å². The summed E-state index contributed by atoms with van der Waals surface area (Å²) >= 11 is 0. The van der Waals surface area contributed by atoms with Crippen LogP contribution in [-0.2, 0) is 0 Å². The fourth-order valence-corrected chi connectivity index (χ4v) is 0.990. The van der Waals surface area contributed by atoms with E-state index in [1.807, 2.05) is 0 Å². The molecule has 0 unspecified atom stereocenters. The zero-order chi connectivity index (χ0) is 10.2. The first-order valence-electron chi connectivity index (χ1n) is 4.51. The van der Waals surface area contributed by atoms with E-state index in [9.17, 15) is 4.39 Å². The van der Waals surface area contributed by atoms with Crippen molar-refractivity contribution >= 4 is 0 Å². The monoisotopic (exact) mass is 192 g/mol. The first kappa shape index (κ1) is 10.5. The summed E-state index contributed by atoms with van der Waals surface area (Å²) in [6.45, 7) is 0.476. The Bertz CT molecular complexity index is 319.